The molecule has 0 aromatic carbocycles. The zero-order chi connectivity index (χ0) is 11.0. The molecule has 0 atom stereocenters. The Morgan fingerprint density at radius 2 is 1.71 bits per heavy atom. The van der Waals surface area contributed by atoms with Crippen molar-refractivity contribution in [3.63, 3.8) is 0 Å². The number of aliphatic carboxylic acids is 1. The molecule has 0 saturated heterocycles. The summed E-state index contributed by atoms with van der Waals surface area (Å²) in [6.07, 6.45) is 0. The highest BCUT2D eigenvalue weighted by Crippen LogP contribution is 2.20. The molecule has 4 heteroatoms. The van der Waals surface area contributed by atoms with Gasteiger partial charge in [0.05, 0.1) is 0 Å². The van der Waals surface area contributed by atoms with E-state index in [2.05, 4.69) is 20.4 Å². The molecular formula is C10H18O2S2. The molecule has 0 fully saturated rings. The van der Waals surface area contributed by atoms with Crippen LogP contribution in [0.5, 0.6) is 0 Å². The maximum atomic E-state index is 10.7. The first-order valence-corrected chi connectivity index (χ1v) is 7.01. The van der Waals surface area contributed by atoms with E-state index in [1.54, 1.807) is 23.5 Å². The number of carbonyl (C=O) groups is 1. The molecule has 0 saturated carbocycles. The maximum absolute atomic E-state index is 10.7. The lowest BCUT2D eigenvalue weighted by Crippen LogP contribution is -2.16. The summed E-state index contributed by atoms with van der Waals surface area (Å²) >= 11 is 3.55. The third-order valence-electron chi connectivity index (χ3n) is 1.81. The van der Waals surface area contributed by atoms with Crippen LogP contribution >= 0.6 is 23.5 Å². The highest BCUT2D eigenvalue weighted by atomic mass is 32.2. The topological polar surface area (TPSA) is 37.3 Å². The highest BCUT2D eigenvalue weighted by molar-refractivity contribution is 8.00. The van der Waals surface area contributed by atoms with E-state index in [0.717, 1.165) is 23.0 Å². The number of hydrogen-bond donors (Lipinski definition) is 1. The van der Waals surface area contributed by atoms with Gasteiger partial charge in [0.2, 0.25) is 0 Å². The predicted molar refractivity (Wildman–Crippen MR) is 66.3 cm³/mol. The van der Waals surface area contributed by atoms with Crippen molar-refractivity contribution in [3.8, 4) is 0 Å². The predicted octanol–water partition coefficient (Wildman–Crippen LogP) is 2.75. The molecule has 0 radical (unpaired) electrons. The summed E-state index contributed by atoms with van der Waals surface area (Å²) in [6, 6.07) is 0. The second-order valence-corrected chi connectivity index (χ2v) is 5.48. The minimum atomic E-state index is -0.858. The molecule has 0 aliphatic heterocycles. The average molecular weight is 234 g/mol. The molecule has 82 valence electrons. The molecule has 0 heterocycles. The Bertz CT molecular complexity index is 185. The van der Waals surface area contributed by atoms with Crippen molar-refractivity contribution >= 4 is 29.5 Å². The van der Waals surface area contributed by atoms with Gasteiger partial charge in [-0.15, -0.1) is 0 Å². The average Bonchev–Trinajstić information content (AvgIpc) is 2.17. The molecule has 0 bridgehead atoms. The maximum Gasteiger partial charge on any atom is 0.331 e. The summed E-state index contributed by atoms with van der Waals surface area (Å²) in [5.41, 5.74) is 0.354. The van der Waals surface area contributed by atoms with Crippen LogP contribution in [0, 0.1) is 5.92 Å². The van der Waals surface area contributed by atoms with Gasteiger partial charge in [0.15, 0.2) is 0 Å². The van der Waals surface area contributed by atoms with Gasteiger partial charge in [-0.3, -0.25) is 0 Å². The van der Waals surface area contributed by atoms with Crippen molar-refractivity contribution < 1.29 is 9.90 Å². The third-order valence-corrected chi connectivity index (χ3v) is 3.91. The second kappa shape index (κ2) is 8.24. The van der Waals surface area contributed by atoms with E-state index >= 15 is 0 Å². The molecule has 0 spiro atoms. The fraction of sp³-hybridized carbons (Fsp3) is 0.700. The summed E-state index contributed by atoms with van der Waals surface area (Å²) < 4.78 is 0. The first-order chi connectivity index (χ1) is 6.63. The smallest absolute Gasteiger partial charge is 0.331 e. The van der Waals surface area contributed by atoms with Crippen LogP contribution in [0.3, 0.4) is 0 Å². The Morgan fingerprint density at radius 1 is 1.29 bits per heavy atom. The van der Waals surface area contributed by atoms with E-state index in [0.29, 0.717) is 5.57 Å². The van der Waals surface area contributed by atoms with Crippen molar-refractivity contribution in [2.24, 2.45) is 5.92 Å². The SMILES string of the molecule is C=C(C(=O)O)C(CSCC)CSCC. The van der Waals surface area contributed by atoms with Crippen molar-refractivity contribution in [1.29, 1.82) is 0 Å². The van der Waals surface area contributed by atoms with Gasteiger partial charge in [0, 0.05) is 23.0 Å². The van der Waals surface area contributed by atoms with Gasteiger partial charge >= 0.3 is 5.97 Å². The van der Waals surface area contributed by atoms with Crippen LogP contribution in [-0.4, -0.2) is 34.1 Å². The van der Waals surface area contributed by atoms with Crippen molar-refractivity contribution in [3.05, 3.63) is 12.2 Å². The number of carboxylic acids is 1. The minimum Gasteiger partial charge on any atom is -0.478 e. The standard InChI is InChI=1S/C10H18O2S2/c1-4-13-6-9(7-14-5-2)8(3)10(11)12/h9H,3-7H2,1-2H3,(H,11,12). The fourth-order valence-electron chi connectivity index (χ4n) is 0.944. The van der Waals surface area contributed by atoms with Gasteiger partial charge in [-0.1, -0.05) is 20.4 Å². The van der Waals surface area contributed by atoms with Crippen molar-refractivity contribution in [2.45, 2.75) is 13.8 Å². The molecule has 0 aliphatic carbocycles. The zero-order valence-corrected chi connectivity index (χ0v) is 10.4. The van der Waals surface area contributed by atoms with Crippen LogP contribution in [0.4, 0.5) is 0 Å². The largest absolute Gasteiger partial charge is 0.478 e. The van der Waals surface area contributed by atoms with Crippen LogP contribution < -0.4 is 0 Å². The highest BCUT2D eigenvalue weighted by Gasteiger charge is 2.17. The Balaban J connectivity index is 4.08. The summed E-state index contributed by atoms with van der Waals surface area (Å²) in [6.45, 7) is 7.80. The quantitative estimate of drug-likeness (QED) is 0.655. The Labute approximate surface area is 94.5 Å². The lowest BCUT2D eigenvalue weighted by Gasteiger charge is -2.15. The Morgan fingerprint density at radius 3 is 2.00 bits per heavy atom. The molecule has 0 unspecified atom stereocenters. The first-order valence-electron chi connectivity index (χ1n) is 4.71. The minimum absolute atomic E-state index is 0.113. The molecule has 14 heavy (non-hydrogen) atoms. The molecule has 0 rings (SSSR count). The van der Waals surface area contributed by atoms with E-state index in [1.807, 2.05) is 0 Å². The van der Waals surface area contributed by atoms with Crippen LogP contribution in [0.2, 0.25) is 0 Å². The third kappa shape index (κ3) is 5.60. The number of rotatable bonds is 8. The van der Waals surface area contributed by atoms with Gasteiger partial charge in [0.1, 0.15) is 0 Å². The van der Waals surface area contributed by atoms with Gasteiger partial charge in [-0.05, 0) is 11.5 Å². The number of carboxylic acid groups (broad SMARTS) is 1. The number of hydrogen-bond acceptors (Lipinski definition) is 3. The van der Waals surface area contributed by atoms with E-state index in [1.165, 1.54) is 0 Å². The zero-order valence-electron chi connectivity index (χ0n) is 8.78. The lowest BCUT2D eigenvalue weighted by molar-refractivity contribution is -0.133. The second-order valence-electron chi connectivity index (χ2n) is 2.85. The summed E-state index contributed by atoms with van der Waals surface area (Å²) in [5, 5.41) is 8.83. The molecule has 1 N–H and O–H groups in total. The Kier molecular flexibility index (Phi) is 8.18. The molecule has 0 aromatic rings. The monoisotopic (exact) mass is 234 g/mol. The normalized spacial score (nSPS) is 10.5. The first kappa shape index (κ1) is 13.9. The van der Waals surface area contributed by atoms with Crippen LogP contribution in [0.15, 0.2) is 12.2 Å². The van der Waals surface area contributed by atoms with Gasteiger partial charge in [0.25, 0.3) is 0 Å². The van der Waals surface area contributed by atoms with Gasteiger partial charge in [-0.25, -0.2) is 4.79 Å². The van der Waals surface area contributed by atoms with Gasteiger partial charge in [-0.2, -0.15) is 23.5 Å². The Hall–Kier alpha value is -0.0900. The van der Waals surface area contributed by atoms with E-state index < -0.39 is 5.97 Å². The van der Waals surface area contributed by atoms with Gasteiger partial charge < -0.3 is 5.11 Å². The molecule has 0 aromatic heterocycles. The van der Waals surface area contributed by atoms with Crippen LogP contribution in [0.25, 0.3) is 0 Å². The lowest BCUT2D eigenvalue weighted by atomic mass is 10.1. The van der Waals surface area contributed by atoms with E-state index in [4.69, 9.17) is 5.11 Å². The fourth-order valence-corrected chi connectivity index (χ4v) is 2.77. The van der Waals surface area contributed by atoms with Crippen LogP contribution in [-0.2, 0) is 4.79 Å². The molecule has 0 aliphatic rings. The molecule has 0 amide bonds. The van der Waals surface area contributed by atoms with Crippen molar-refractivity contribution in [2.75, 3.05) is 23.0 Å². The van der Waals surface area contributed by atoms with E-state index in [-0.39, 0.29) is 5.92 Å². The number of thioether (sulfide) groups is 2. The molecular weight excluding hydrogens is 216 g/mol. The molecule has 2 nitrogen and oxygen atoms in total. The van der Waals surface area contributed by atoms with Crippen LogP contribution in [0.1, 0.15) is 13.8 Å². The summed E-state index contributed by atoms with van der Waals surface area (Å²) in [4.78, 5) is 10.7. The van der Waals surface area contributed by atoms with E-state index in [9.17, 15) is 4.79 Å². The van der Waals surface area contributed by atoms with Crippen molar-refractivity contribution in [1.82, 2.24) is 0 Å². The summed E-state index contributed by atoms with van der Waals surface area (Å²) in [5.74, 6) is 3.05. The summed E-state index contributed by atoms with van der Waals surface area (Å²) in [7, 11) is 0.